The van der Waals surface area contributed by atoms with Crippen molar-refractivity contribution >= 4 is 11.7 Å². The van der Waals surface area contributed by atoms with Gasteiger partial charge in [0.2, 0.25) is 0 Å². The van der Waals surface area contributed by atoms with Crippen molar-refractivity contribution in [3.05, 3.63) is 17.8 Å². The summed E-state index contributed by atoms with van der Waals surface area (Å²) in [5.41, 5.74) is 0.305. The predicted octanol–water partition coefficient (Wildman–Crippen LogP) is 1.92. The molecule has 0 saturated heterocycles. The standard InChI is InChI=1S/C14H21N5O/c1-4-8-16-13-7-6-12(17-18-13)14(20)19(5-2)10-11(3)9-15/h6-7,11H,4-5,8,10H2,1-3H3,(H,16,18). The van der Waals surface area contributed by atoms with Gasteiger partial charge in [0.25, 0.3) is 5.91 Å². The first kappa shape index (κ1) is 15.9. The molecule has 108 valence electrons. The van der Waals surface area contributed by atoms with E-state index in [4.69, 9.17) is 5.26 Å². The van der Waals surface area contributed by atoms with Gasteiger partial charge < -0.3 is 10.2 Å². The van der Waals surface area contributed by atoms with Crippen molar-refractivity contribution in [2.45, 2.75) is 27.2 Å². The second-order valence-electron chi connectivity index (χ2n) is 4.60. The van der Waals surface area contributed by atoms with Crippen LogP contribution in [0.25, 0.3) is 0 Å². The Bertz CT molecular complexity index is 465. The summed E-state index contributed by atoms with van der Waals surface area (Å²) in [6.07, 6.45) is 0.998. The molecule has 0 saturated carbocycles. The van der Waals surface area contributed by atoms with Crippen molar-refractivity contribution in [3.63, 3.8) is 0 Å². The van der Waals surface area contributed by atoms with E-state index in [2.05, 4.69) is 28.5 Å². The lowest BCUT2D eigenvalue weighted by atomic mass is 10.2. The first-order valence-electron chi connectivity index (χ1n) is 6.88. The molecule has 1 heterocycles. The molecule has 0 fully saturated rings. The number of amides is 1. The number of nitrogens with one attached hydrogen (secondary N) is 1. The van der Waals surface area contributed by atoms with Crippen molar-refractivity contribution in [2.75, 3.05) is 25.0 Å². The fourth-order valence-electron chi connectivity index (χ4n) is 1.68. The normalized spacial score (nSPS) is 11.5. The zero-order valence-electron chi connectivity index (χ0n) is 12.3. The van der Waals surface area contributed by atoms with Gasteiger partial charge in [0, 0.05) is 19.6 Å². The summed E-state index contributed by atoms with van der Waals surface area (Å²) in [7, 11) is 0. The number of rotatable bonds is 7. The lowest BCUT2D eigenvalue weighted by Crippen LogP contribution is -2.35. The molecule has 20 heavy (non-hydrogen) atoms. The van der Waals surface area contributed by atoms with Crippen LogP contribution in [-0.4, -0.2) is 40.6 Å². The third-order valence-corrected chi connectivity index (χ3v) is 2.82. The topological polar surface area (TPSA) is 81.9 Å². The molecule has 0 bridgehead atoms. The Morgan fingerprint density at radius 3 is 2.70 bits per heavy atom. The van der Waals surface area contributed by atoms with Gasteiger partial charge in [-0.3, -0.25) is 4.79 Å². The van der Waals surface area contributed by atoms with E-state index in [9.17, 15) is 4.79 Å². The SMILES string of the molecule is CCCNc1ccc(C(=O)N(CC)CC(C)C#N)nn1. The smallest absolute Gasteiger partial charge is 0.274 e. The van der Waals surface area contributed by atoms with Gasteiger partial charge in [-0.05, 0) is 32.4 Å². The van der Waals surface area contributed by atoms with Crippen LogP contribution in [0.1, 0.15) is 37.7 Å². The molecular weight excluding hydrogens is 254 g/mol. The number of hydrogen-bond acceptors (Lipinski definition) is 5. The van der Waals surface area contributed by atoms with Crippen molar-refractivity contribution in [2.24, 2.45) is 5.92 Å². The van der Waals surface area contributed by atoms with Crippen LogP contribution in [0.15, 0.2) is 12.1 Å². The van der Waals surface area contributed by atoms with E-state index < -0.39 is 0 Å². The molecule has 0 aliphatic heterocycles. The highest BCUT2D eigenvalue weighted by molar-refractivity contribution is 5.92. The highest BCUT2D eigenvalue weighted by atomic mass is 16.2. The van der Waals surface area contributed by atoms with Crippen molar-refractivity contribution in [1.82, 2.24) is 15.1 Å². The Labute approximate surface area is 119 Å². The van der Waals surface area contributed by atoms with Gasteiger partial charge in [-0.2, -0.15) is 5.26 Å². The average molecular weight is 275 g/mol. The summed E-state index contributed by atoms with van der Waals surface area (Å²) in [5, 5.41) is 19.9. The van der Waals surface area contributed by atoms with Crippen LogP contribution in [0.5, 0.6) is 0 Å². The zero-order chi connectivity index (χ0) is 15.0. The van der Waals surface area contributed by atoms with E-state index in [1.165, 1.54) is 0 Å². The first-order chi connectivity index (χ1) is 9.62. The summed E-state index contributed by atoms with van der Waals surface area (Å²) in [6, 6.07) is 5.54. The summed E-state index contributed by atoms with van der Waals surface area (Å²) < 4.78 is 0. The van der Waals surface area contributed by atoms with Crippen molar-refractivity contribution in [1.29, 1.82) is 5.26 Å². The lowest BCUT2D eigenvalue weighted by molar-refractivity contribution is 0.0745. The quantitative estimate of drug-likeness (QED) is 0.822. The summed E-state index contributed by atoms with van der Waals surface area (Å²) in [5.74, 6) is 0.276. The number of anilines is 1. The number of hydrogen-bond donors (Lipinski definition) is 1. The Morgan fingerprint density at radius 1 is 1.45 bits per heavy atom. The summed E-state index contributed by atoms with van der Waals surface area (Å²) in [6.45, 7) is 7.51. The van der Waals surface area contributed by atoms with Gasteiger partial charge in [-0.25, -0.2) is 0 Å². The largest absolute Gasteiger partial charge is 0.369 e. The third-order valence-electron chi connectivity index (χ3n) is 2.82. The van der Waals surface area contributed by atoms with Gasteiger partial charge in [0.05, 0.1) is 12.0 Å². The number of nitrogens with zero attached hydrogens (tertiary/aromatic N) is 4. The highest BCUT2D eigenvalue weighted by Gasteiger charge is 2.18. The molecule has 1 aromatic rings. The van der Waals surface area contributed by atoms with E-state index in [1.54, 1.807) is 24.0 Å². The molecule has 1 atom stereocenters. The lowest BCUT2D eigenvalue weighted by Gasteiger charge is -2.21. The first-order valence-corrected chi connectivity index (χ1v) is 6.88. The van der Waals surface area contributed by atoms with Gasteiger partial charge in [0.15, 0.2) is 5.69 Å². The predicted molar refractivity (Wildman–Crippen MR) is 77.2 cm³/mol. The van der Waals surface area contributed by atoms with Crippen LogP contribution in [0.2, 0.25) is 0 Å². The molecule has 0 aliphatic rings. The molecule has 0 radical (unpaired) electrons. The Hall–Kier alpha value is -2.16. The summed E-state index contributed by atoms with van der Waals surface area (Å²) >= 11 is 0. The molecule has 1 amide bonds. The number of carbonyl (C=O) groups is 1. The molecule has 0 aromatic carbocycles. The van der Waals surface area contributed by atoms with E-state index in [1.807, 2.05) is 6.92 Å². The molecule has 6 nitrogen and oxygen atoms in total. The molecule has 0 spiro atoms. The minimum Gasteiger partial charge on any atom is -0.369 e. The van der Waals surface area contributed by atoms with E-state index in [0.29, 0.717) is 24.6 Å². The van der Waals surface area contributed by atoms with E-state index >= 15 is 0 Å². The number of nitriles is 1. The highest BCUT2D eigenvalue weighted by Crippen LogP contribution is 2.07. The van der Waals surface area contributed by atoms with Crippen molar-refractivity contribution < 1.29 is 4.79 Å². The Morgan fingerprint density at radius 2 is 2.20 bits per heavy atom. The number of aromatic nitrogens is 2. The van der Waals surface area contributed by atoms with Crippen LogP contribution < -0.4 is 5.32 Å². The second-order valence-corrected chi connectivity index (χ2v) is 4.60. The molecule has 6 heteroatoms. The van der Waals surface area contributed by atoms with E-state index in [0.717, 1.165) is 13.0 Å². The van der Waals surface area contributed by atoms with Crippen molar-refractivity contribution in [3.8, 4) is 6.07 Å². The maximum atomic E-state index is 12.2. The molecule has 1 N–H and O–H groups in total. The molecule has 1 rings (SSSR count). The van der Waals surface area contributed by atoms with Gasteiger partial charge in [-0.15, -0.1) is 10.2 Å². The minimum atomic E-state index is -0.197. The molecule has 1 aromatic heterocycles. The fourth-order valence-corrected chi connectivity index (χ4v) is 1.68. The maximum absolute atomic E-state index is 12.2. The van der Waals surface area contributed by atoms with E-state index in [-0.39, 0.29) is 11.8 Å². The van der Waals surface area contributed by atoms with Gasteiger partial charge >= 0.3 is 0 Å². The van der Waals surface area contributed by atoms with Gasteiger partial charge in [0.1, 0.15) is 5.82 Å². The molecule has 1 unspecified atom stereocenters. The molecular formula is C14H21N5O. The third kappa shape index (κ3) is 4.50. The Balaban J connectivity index is 2.72. The van der Waals surface area contributed by atoms with Crippen LogP contribution >= 0.6 is 0 Å². The Kier molecular flexibility index (Phi) is 6.44. The fraction of sp³-hybridized carbons (Fsp3) is 0.571. The van der Waals surface area contributed by atoms with Crippen LogP contribution in [-0.2, 0) is 0 Å². The van der Waals surface area contributed by atoms with Crippen LogP contribution in [0, 0.1) is 17.2 Å². The maximum Gasteiger partial charge on any atom is 0.274 e. The molecule has 0 aliphatic carbocycles. The number of carbonyl (C=O) groups excluding carboxylic acids is 1. The van der Waals surface area contributed by atoms with Gasteiger partial charge in [-0.1, -0.05) is 6.92 Å². The second kappa shape index (κ2) is 8.10. The zero-order valence-corrected chi connectivity index (χ0v) is 12.3. The van der Waals surface area contributed by atoms with Crippen LogP contribution in [0.3, 0.4) is 0 Å². The van der Waals surface area contributed by atoms with Crippen LogP contribution in [0.4, 0.5) is 5.82 Å². The summed E-state index contributed by atoms with van der Waals surface area (Å²) in [4.78, 5) is 13.9. The minimum absolute atomic E-state index is 0.191. The monoisotopic (exact) mass is 275 g/mol. The average Bonchev–Trinajstić information content (AvgIpc) is 2.50.